The maximum Gasteiger partial charge on any atom is 0.244 e. The van der Waals surface area contributed by atoms with Gasteiger partial charge >= 0.3 is 0 Å². The van der Waals surface area contributed by atoms with Gasteiger partial charge in [-0.3, -0.25) is 0 Å². The summed E-state index contributed by atoms with van der Waals surface area (Å²) >= 11 is 0. The van der Waals surface area contributed by atoms with Crippen molar-refractivity contribution in [3.8, 4) is 0 Å². The fraction of sp³-hybridized carbons (Fsp3) is 0.211. The zero-order valence-corrected chi connectivity index (χ0v) is 15.4. The van der Waals surface area contributed by atoms with Crippen molar-refractivity contribution in [2.45, 2.75) is 24.7 Å². The second kappa shape index (κ2) is 6.26. The number of benzene rings is 2. The van der Waals surface area contributed by atoms with Crippen LogP contribution in [0.4, 0.5) is 5.95 Å². The average Bonchev–Trinajstić information content (AvgIpc) is 2.97. The number of anilines is 1. The number of imidazole rings is 1. The van der Waals surface area contributed by atoms with Gasteiger partial charge in [-0.2, -0.15) is 0 Å². The Labute approximate surface area is 152 Å². The van der Waals surface area contributed by atoms with E-state index in [2.05, 4.69) is 11.6 Å². The lowest BCUT2D eigenvalue weighted by molar-refractivity contribution is 0.135. The van der Waals surface area contributed by atoms with Crippen molar-refractivity contribution in [1.29, 1.82) is 0 Å². The van der Waals surface area contributed by atoms with Gasteiger partial charge in [0.2, 0.25) is 16.0 Å². The number of nitrogens with zero attached hydrogens (tertiary/aromatic N) is 2. The highest BCUT2D eigenvalue weighted by molar-refractivity contribution is 7.90. The summed E-state index contributed by atoms with van der Waals surface area (Å²) < 4.78 is 26.4. The second-order valence-electron chi connectivity index (χ2n) is 6.37. The first-order valence-electron chi connectivity index (χ1n) is 8.16. The van der Waals surface area contributed by atoms with E-state index in [1.54, 1.807) is 44.2 Å². The van der Waals surface area contributed by atoms with E-state index in [0.717, 1.165) is 3.97 Å². The number of nitrogen functional groups attached to an aromatic ring is 1. The van der Waals surface area contributed by atoms with Crippen molar-refractivity contribution in [1.82, 2.24) is 8.96 Å². The second-order valence-corrected chi connectivity index (χ2v) is 8.71. The van der Waals surface area contributed by atoms with Crippen molar-refractivity contribution in [2.24, 2.45) is 0 Å². The third-order valence-electron chi connectivity index (χ3n) is 4.44. The molecule has 0 amide bonds. The van der Waals surface area contributed by atoms with Crippen molar-refractivity contribution in [3.05, 3.63) is 72.3 Å². The van der Waals surface area contributed by atoms with E-state index >= 15 is 0 Å². The van der Waals surface area contributed by atoms with Crippen LogP contribution in [-0.4, -0.2) is 27.7 Å². The summed E-state index contributed by atoms with van der Waals surface area (Å²) in [5, 5.41) is 10.5. The van der Waals surface area contributed by atoms with Crippen LogP contribution in [0.5, 0.6) is 0 Å². The van der Waals surface area contributed by atoms with Gasteiger partial charge in [-0.1, -0.05) is 49.1 Å². The minimum atomic E-state index is -3.70. The number of nitrogens with two attached hydrogens (primary N) is 1. The number of aromatic nitrogens is 2. The molecule has 0 saturated carbocycles. The highest BCUT2D eigenvalue weighted by Gasteiger charge is 2.30. The Bertz CT molecular complexity index is 1070. The maximum absolute atomic E-state index is 12.7. The Kier molecular flexibility index (Phi) is 4.37. The minimum Gasteiger partial charge on any atom is -0.377 e. The van der Waals surface area contributed by atoms with E-state index in [0.29, 0.717) is 22.2 Å². The van der Waals surface area contributed by atoms with Crippen LogP contribution in [0, 0.1) is 0 Å². The summed E-state index contributed by atoms with van der Waals surface area (Å²) in [5.74, 6) is -0.104. The summed E-state index contributed by atoms with van der Waals surface area (Å²) in [6.45, 7) is 6.91. The molecule has 136 valence electrons. The molecule has 1 aromatic heterocycles. The fourth-order valence-corrected chi connectivity index (χ4v) is 4.03. The first-order valence-corrected chi connectivity index (χ1v) is 9.66. The Balaban J connectivity index is 2.29. The van der Waals surface area contributed by atoms with Gasteiger partial charge < -0.3 is 10.8 Å². The van der Waals surface area contributed by atoms with Crippen molar-refractivity contribution in [3.63, 3.8) is 0 Å². The summed E-state index contributed by atoms with van der Waals surface area (Å²) in [5.41, 5.74) is 6.27. The molecule has 2 aromatic carbocycles. The first kappa shape index (κ1) is 18.2. The third-order valence-corrected chi connectivity index (χ3v) is 6.52. The number of hydrogen-bond acceptors (Lipinski definition) is 5. The molecular formula is C19H21N3O3S. The molecule has 26 heavy (non-hydrogen) atoms. The van der Waals surface area contributed by atoms with Crippen molar-refractivity contribution in [2.75, 3.05) is 5.73 Å². The standard InChI is InChI=1S/C19H21N3O3S/c1-4-19(23,14-8-6-5-7-9-14)15-10-11-16-17(12-15)22(18(20)21-16)26(24,25)13(2)3/h4-13,23H,1H2,2-3H3,(H2,20,21). The van der Waals surface area contributed by atoms with E-state index in [1.807, 2.05) is 18.2 Å². The molecule has 0 fully saturated rings. The van der Waals surface area contributed by atoms with Gasteiger partial charge in [0.25, 0.3) is 0 Å². The molecular weight excluding hydrogens is 350 g/mol. The average molecular weight is 371 g/mol. The van der Waals surface area contributed by atoms with Gasteiger partial charge in [-0.05, 0) is 37.1 Å². The zero-order valence-electron chi connectivity index (χ0n) is 14.6. The van der Waals surface area contributed by atoms with Gasteiger partial charge in [-0.15, -0.1) is 0 Å². The molecule has 7 heteroatoms. The third kappa shape index (κ3) is 2.69. The van der Waals surface area contributed by atoms with Gasteiger partial charge in [0.05, 0.1) is 16.3 Å². The molecule has 6 nitrogen and oxygen atoms in total. The lowest BCUT2D eigenvalue weighted by atomic mass is 9.86. The largest absolute Gasteiger partial charge is 0.377 e. The highest BCUT2D eigenvalue weighted by atomic mass is 32.2. The van der Waals surface area contributed by atoms with Gasteiger partial charge in [0.1, 0.15) is 5.60 Å². The normalized spacial score (nSPS) is 14.5. The van der Waals surface area contributed by atoms with Gasteiger partial charge in [0, 0.05) is 0 Å². The summed E-state index contributed by atoms with van der Waals surface area (Å²) in [4.78, 5) is 4.14. The van der Waals surface area contributed by atoms with Crippen molar-refractivity contribution >= 4 is 27.0 Å². The quantitative estimate of drug-likeness (QED) is 0.672. The van der Waals surface area contributed by atoms with Crippen LogP contribution in [0.1, 0.15) is 25.0 Å². The predicted octanol–water partition coefficient (Wildman–Crippen LogP) is 2.63. The molecule has 3 N–H and O–H groups in total. The highest BCUT2D eigenvalue weighted by Crippen LogP contribution is 2.33. The molecule has 0 saturated heterocycles. The zero-order chi connectivity index (χ0) is 19.1. The van der Waals surface area contributed by atoms with Crippen LogP contribution in [0.3, 0.4) is 0 Å². The number of fused-ring (bicyclic) bond motifs is 1. The number of hydrogen-bond donors (Lipinski definition) is 2. The van der Waals surface area contributed by atoms with Gasteiger partial charge in [0.15, 0.2) is 0 Å². The topological polar surface area (TPSA) is 98.2 Å². The van der Waals surface area contributed by atoms with Crippen LogP contribution in [0.15, 0.2) is 61.2 Å². The number of rotatable bonds is 5. The van der Waals surface area contributed by atoms with E-state index in [-0.39, 0.29) is 5.95 Å². The Morgan fingerprint density at radius 2 is 1.85 bits per heavy atom. The monoisotopic (exact) mass is 371 g/mol. The summed E-state index contributed by atoms with van der Waals surface area (Å²) in [6.07, 6.45) is 1.42. The first-order chi connectivity index (χ1) is 12.2. The van der Waals surface area contributed by atoms with Crippen molar-refractivity contribution < 1.29 is 13.5 Å². The van der Waals surface area contributed by atoms with Crippen LogP contribution in [0.25, 0.3) is 11.0 Å². The Hall–Kier alpha value is -2.64. The van der Waals surface area contributed by atoms with Gasteiger partial charge in [-0.25, -0.2) is 17.4 Å². The Morgan fingerprint density at radius 1 is 1.19 bits per heavy atom. The van der Waals surface area contributed by atoms with Crippen LogP contribution < -0.4 is 5.73 Å². The molecule has 0 aliphatic carbocycles. The van der Waals surface area contributed by atoms with E-state index in [4.69, 9.17) is 5.73 Å². The molecule has 0 bridgehead atoms. The molecule has 0 aliphatic rings. The van der Waals surface area contributed by atoms with Crippen LogP contribution in [0.2, 0.25) is 0 Å². The lowest BCUT2D eigenvalue weighted by Crippen LogP contribution is -2.25. The molecule has 3 aromatic rings. The minimum absolute atomic E-state index is 0.104. The number of aliphatic hydroxyl groups is 1. The van der Waals surface area contributed by atoms with E-state index in [1.165, 1.54) is 6.08 Å². The van der Waals surface area contributed by atoms with E-state index in [9.17, 15) is 13.5 Å². The SMILES string of the molecule is C=CC(O)(c1ccccc1)c1ccc2nc(N)n(S(=O)(=O)C(C)C)c2c1. The lowest BCUT2D eigenvalue weighted by Gasteiger charge is -2.25. The molecule has 3 rings (SSSR count). The summed E-state index contributed by atoms with van der Waals surface area (Å²) in [7, 11) is -3.70. The van der Waals surface area contributed by atoms with Crippen LogP contribution in [-0.2, 0) is 15.6 Å². The molecule has 0 aliphatic heterocycles. The molecule has 0 spiro atoms. The fourth-order valence-electron chi connectivity index (χ4n) is 2.88. The Morgan fingerprint density at radius 3 is 2.42 bits per heavy atom. The van der Waals surface area contributed by atoms with E-state index < -0.39 is 20.9 Å². The molecule has 1 unspecified atom stereocenters. The van der Waals surface area contributed by atoms with Crippen LogP contribution >= 0.6 is 0 Å². The smallest absolute Gasteiger partial charge is 0.244 e. The predicted molar refractivity (Wildman–Crippen MR) is 103 cm³/mol. The maximum atomic E-state index is 12.7. The summed E-state index contributed by atoms with van der Waals surface area (Å²) in [6, 6.07) is 14.0. The molecule has 1 heterocycles. The molecule has 0 radical (unpaired) electrons. The molecule has 1 atom stereocenters.